The van der Waals surface area contributed by atoms with Gasteiger partial charge < -0.3 is 5.32 Å². The number of anilines is 2. The number of aromatic nitrogens is 3. The number of nitrogens with zero attached hydrogens (tertiary/aromatic N) is 2. The van der Waals surface area contributed by atoms with Crippen LogP contribution in [0.5, 0.6) is 0 Å². The molecule has 7 heteroatoms. The van der Waals surface area contributed by atoms with Crippen molar-refractivity contribution in [3.8, 4) is 0 Å². The number of hydrogen-bond acceptors (Lipinski definition) is 4. The summed E-state index contributed by atoms with van der Waals surface area (Å²) in [7, 11) is 0. The quantitative estimate of drug-likeness (QED) is 0.738. The van der Waals surface area contributed by atoms with Crippen LogP contribution in [0.15, 0.2) is 30.6 Å². The van der Waals surface area contributed by atoms with Crippen molar-refractivity contribution in [2.45, 2.75) is 19.8 Å². The van der Waals surface area contributed by atoms with Crippen molar-refractivity contribution in [1.82, 2.24) is 15.2 Å². The molecule has 0 spiro atoms. The van der Waals surface area contributed by atoms with Gasteiger partial charge >= 0.3 is 11.8 Å². The fourth-order valence-electron chi connectivity index (χ4n) is 1.57. The molecule has 104 valence electrons. The van der Waals surface area contributed by atoms with E-state index in [1.165, 1.54) is 6.33 Å². The Morgan fingerprint density at radius 2 is 1.75 bits per heavy atom. The van der Waals surface area contributed by atoms with Gasteiger partial charge in [0.1, 0.15) is 6.33 Å². The first-order valence-electron chi connectivity index (χ1n) is 6.14. The normalized spacial score (nSPS) is 10.3. The summed E-state index contributed by atoms with van der Waals surface area (Å²) in [6.45, 7) is 4.16. The molecule has 0 bridgehead atoms. The molecule has 20 heavy (non-hydrogen) atoms. The summed E-state index contributed by atoms with van der Waals surface area (Å²) in [5.41, 5.74) is 1.72. The highest BCUT2D eigenvalue weighted by molar-refractivity contribution is 6.43. The third-order valence-corrected chi connectivity index (χ3v) is 2.69. The molecule has 2 rings (SSSR count). The molecule has 1 heterocycles. The topological polar surface area (TPSA) is 99.8 Å². The summed E-state index contributed by atoms with van der Waals surface area (Å²) < 4.78 is 0. The number of carbonyl (C=O) groups excluding carboxylic acids is 2. The monoisotopic (exact) mass is 273 g/mol. The van der Waals surface area contributed by atoms with Gasteiger partial charge in [-0.1, -0.05) is 26.0 Å². The predicted octanol–water partition coefficient (Wildman–Crippen LogP) is 1.51. The van der Waals surface area contributed by atoms with E-state index >= 15 is 0 Å². The molecule has 0 atom stereocenters. The number of amides is 2. The molecule has 0 aliphatic rings. The third kappa shape index (κ3) is 3.41. The Labute approximate surface area is 115 Å². The first-order chi connectivity index (χ1) is 9.56. The molecule has 7 nitrogen and oxygen atoms in total. The lowest BCUT2D eigenvalue weighted by Crippen LogP contribution is -2.29. The summed E-state index contributed by atoms with van der Waals surface area (Å²) in [5, 5.41) is 10.8. The molecule has 2 aromatic rings. The van der Waals surface area contributed by atoms with Gasteiger partial charge in [-0.15, -0.1) is 0 Å². The summed E-state index contributed by atoms with van der Waals surface area (Å²) in [6, 6.07) is 7.34. The van der Waals surface area contributed by atoms with Gasteiger partial charge in [-0.2, -0.15) is 10.1 Å². The predicted molar refractivity (Wildman–Crippen MR) is 74.2 cm³/mol. The van der Waals surface area contributed by atoms with Crippen LogP contribution in [0.3, 0.4) is 0 Å². The number of aromatic amines is 1. The largest absolute Gasteiger partial charge is 0.318 e. The average Bonchev–Trinajstić information content (AvgIpc) is 2.92. The van der Waals surface area contributed by atoms with Gasteiger partial charge in [0, 0.05) is 5.69 Å². The Bertz CT molecular complexity index is 590. The molecule has 1 aromatic carbocycles. The summed E-state index contributed by atoms with van der Waals surface area (Å²) in [6.07, 6.45) is 1.23. The minimum Gasteiger partial charge on any atom is -0.318 e. The zero-order chi connectivity index (χ0) is 14.5. The molecular weight excluding hydrogens is 258 g/mol. The lowest BCUT2D eigenvalue weighted by Gasteiger charge is -2.08. The van der Waals surface area contributed by atoms with Gasteiger partial charge in [0.2, 0.25) is 5.95 Å². The molecule has 0 saturated carbocycles. The van der Waals surface area contributed by atoms with Gasteiger partial charge in [0.25, 0.3) is 0 Å². The van der Waals surface area contributed by atoms with Crippen LogP contribution in [0.4, 0.5) is 11.6 Å². The van der Waals surface area contributed by atoms with Crippen LogP contribution < -0.4 is 10.6 Å². The van der Waals surface area contributed by atoms with Crippen LogP contribution in [0, 0.1) is 0 Å². The Kier molecular flexibility index (Phi) is 4.09. The Hall–Kier alpha value is -2.70. The minimum atomic E-state index is -0.810. The maximum Gasteiger partial charge on any atom is 0.316 e. The molecule has 1 aromatic heterocycles. The van der Waals surface area contributed by atoms with Gasteiger partial charge in [0.05, 0.1) is 0 Å². The number of benzene rings is 1. The molecule has 2 amide bonds. The van der Waals surface area contributed by atoms with Crippen LogP contribution in [0.25, 0.3) is 0 Å². The number of rotatable bonds is 3. The van der Waals surface area contributed by atoms with Gasteiger partial charge in [-0.3, -0.25) is 14.9 Å². The number of H-pyrrole nitrogens is 1. The molecule has 0 aliphatic heterocycles. The smallest absolute Gasteiger partial charge is 0.316 e. The lowest BCUT2D eigenvalue weighted by atomic mass is 10.0. The van der Waals surface area contributed by atoms with Crippen LogP contribution >= 0.6 is 0 Å². The molecule has 0 aliphatic carbocycles. The van der Waals surface area contributed by atoms with Crippen molar-refractivity contribution in [2.75, 3.05) is 10.6 Å². The van der Waals surface area contributed by atoms with E-state index in [9.17, 15) is 9.59 Å². The van der Waals surface area contributed by atoms with Crippen LogP contribution in [-0.2, 0) is 9.59 Å². The Balaban J connectivity index is 1.95. The fourth-order valence-corrected chi connectivity index (χ4v) is 1.57. The molecule has 0 fully saturated rings. The third-order valence-electron chi connectivity index (χ3n) is 2.69. The maximum atomic E-state index is 11.7. The van der Waals surface area contributed by atoms with Crippen molar-refractivity contribution in [3.63, 3.8) is 0 Å². The van der Waals surface area contributed by atoms with Crippen molar-refractivity contribution in [2.24, 2.45) is 0 Å². The SMILES string of the molecule is CC(C)c1ccc(NC(=O)C(=O)Nc2ncn[nH]2)cc1. The van der Waals surface area contributed by atoms with E-state index in [1.54, 1.807) is 12.1 Å². The maximum absolute atomic E-state index is 11.7. The summed E-state index contributed by atoms with van der Waals surface area (Å²) in [4.78, 5) is 26.9. The van der Waals surface area contributed by atoms with E-state index in [0.29, 0.717) is 11.6 Å². The Morgan fingerprint density at radius 1 is 1.10 bits per heavy atom. The van der Waals surface area contributed by atoms with E-state index in [1.807, 2.05) is 12.1 Å². The zero-order valence-corrected chi connectivity index (χ0v) is 11.2. The summed E-state index contributed by atoms with van der Waals surface area (Å²) in [5.74, 6) is -1.04. The first kappa shape index (κ1) is 13.7. The van der Waals surface area contributed by atoms with Gasteiger partial charge in [0.15, 0.2) is 0 Å². The van der Waals surface area contributed by atoms with Gasteiger partial charge in [-0.25, -0.2) is 5.10 Å². The zero-order valence-electron chi connectivity index (χ0n) is 11.2. The average molecular weight is 273 g/mol. The molecule has 0 saturated heterocycles. The van der Waals surface area contributed by atoms with Crippen LogP contribution in [-0.4, -0.2) is 27.0 Å². The second-order valence-electron chi connectivity index (χ2n) is 4.52. The highest BCUT2D eigenvalue weighted by atomic mass is 16.2. The Morgan fingerprint density at radius 3 is 2.30 bits per heavy atom. The van der Waals surface area contributed by atoms with Crippen molar-refractivity contribution in [1.29, 1.82) is 0 Å². The number of nitrogens with one attached hydrogen (secondary N) is 3. The molecule has 0 radical (unpaired) electrons. The second kappa shape index (κ2) is 5.96. The van der Waals surface area contributed by atoms with E-state index in [4.69, 9.17) is 0 Å². The highest BCUT2D eigenvalue weighted by Gasteiger charge is 2.15. The van der Waals surface area contributed by atoms with Crippen LogP contribution in [0.2, 0.25) is 0 Å². The number of hydrogen-bond donors (Lipinski definition) is 3. The van der Waals surface area contributed by atoms with E-state index in [2.05, 4.69) is 39.7 Å². The second-order valence-corrected chi connectivity index (χ2v) is 4.52. The van der Waals surface area contributed by atoms with Crippen molar-refractivity contribution >= 4 is 23.5 Å². The van der Waals surface area contributed by atoms with Crippen molar-refractivity contribution < 1.29 is 9.59 Å². The summed E-state index contributed by atoms with van der Waals surface area (Å²) >= 11 is 0. The standard InChI is InChI=1S/C13H15N5O2/c1-8(2)9-3-5-10(6-4-9)16-11(19)12(20)17-13-14-7-15-18-13/h3-8H,1-2H3,(H,16,19)(H2,14,15,17,18,20). The van der Waals surface area contributed by atoms with E-state index in [-0.39, 0.29) is 5.95 Å². The lowest BCUT2D eigenvalue weighted by molar-refractivity contribution is -0.133. The number of carbonyl (C=O) groups is 2. The molecule has 3 N–H and O–H groups in total. The first-order valence-corrected chi connectivity index (χ1v) is 6.14. The highest BCUT2D eigenvalue weighted by Crippen LogP contribution is 2.17. The minimum absolute atomic E-state index is 0.125. The molecular formula is C13H15N5O2. The molecule has 0 unspecified atom stereocenters. The van der Waals surface area contributed by atoms with Gasteiger partial charge in [-0.05, 0) is 23.6 Å². The van der Waals surface area contributed by atoms with E-state index < -0.39 is 11.8 Å². The fraction of sp³-hybridized carbons (Fsp3) is 0.231. The van der Waals surface area contributed by atoms with E-state index in [0.717, 1.165) is 5.56 Å². The van der Waals surface area contributed by atoms with Crippen molar-refractivity contribution in [3.05, 3.63) is 36.2 Å². The van der Waals surface area contributed by atoms with Crippen LogP contribution in [0.1, 0.15) is 25.3 Å².